The highest BCUT2D eigenvalue weighted by atomic mass is 32.2. The van der Waals surface area contributed by atoms with E-state index >= 15 is 0 Å². The van der Waals surface area contributed by atoms with Crippen LogP contribution >= 0.6 is 11.8 Å². The molecule has 5 nitrogen and oxygen atoms in total. The summed E-state index contributed by atoms with van der Waals surface area (Å²) < 4.78 is 11.1. The number of esters is 1. The molecule has 0 fully saturated rings. The predicted molar refractivity (Wildman–Crippen MR) is 156 cm³/mol. The summed E-state index contributed by atoms with van der Waals surface area (Å²) in [7, 11) is 0. The molecule has 1 aliphatic rings. The zero-order valence-corrected chi connectivity index (χ0v) is 24.6. The zero-order valence-electron chi connectivity index (χ0n) is 23.7. The molecule has 206 valence electrons. The van der Waals surface area contributed by atoms with Crippen LogP contribution in [-0.4, -0.2) is 34.9 Å². The van der Waals surface area contributed by atoms with Gasteiger partial charge in [0, 0.05) is 34.1 Å². The van der Waals surface area contributed by atoms with Crippen molar-refractivity contribution in [1.82, 2.24) is 9.97 Å². The molecule has 1 aliphatic heterocycles. The Morgan fingerprint density at radius 2 is 1.87 bits per heavy atom. The molecular formula is C32H44N2O3S. The number of fused-ring (bicyclic) bond motifs is 1. The standard InChI is InChI=1S/C32H44N2O3S/c1-5-9-10-13-20-38-30-22-29-28(32(6-2,7-3)18-19-37-29)21-25(30)16-17-27-24-33-26(23-34-27)14-11-12-15-31(35)36-8-4/h21-24H,5-15,18-20H2,1-4H3. The molecule has 0 spiro atoms. The number of hydrogen-bond donors (Lipinski definition) is 0. The van der Waals surface area contributed by atoms with Gasteiger partial charge in [0.25, 0.3) is 0 Å². The molecule has 2 heterocycles. The minimum absolute atomic E-state index is 0.133. The van der Waals surface area contributed by atoms with Crippen LogP contribution in [-0.2, 0) is 21.4 Å². The second-order valence-corrected chi connectivity index (χ2v) is 11.1. The summed E-state index contributed by atoms with van der Waals surface area (Å²) in [5.41, 5.74) is 4.11. The first-order valence-corrected chi connectivity index (χ1v) is 15.5. The summed E-state index contributed by atoms with van der Waals surface area (Å²) in [5, 5.41) is 0. The van der Waals surface area contributed by atoms with E-state index in [1.54, 1.807) is 12.4 Å². The molecule has 1 aromatic heterocycles. The highest BCUT2D eigenvalue weighted by Crippen LogP contribution is 2.46. The molecular weight excluding hydrogens is 492 g/mol. The molecule has 6 heteroatoms. The number of benzene rings is 1. The third-order valence-electron chi connectivity index (χ3n) is 7.50. The summed E-state index contributed by atoms with van der Waals surface area (Å²) in [6, 6.07) is 4.52. The number of ether oxygens (including phenoxy) is 2. The normalized spacial score (nSPS) is 13.7. The molecule has 0 unspecified atom stereocenters. The van der Waals surface area contributed by atoms with E-state index in [9.17, 15) is 4.79 Å². The van der Waals surface area contributed by atoms with Crippen molar-refractivity contribution in [3.63, 3.8) is 0 Å². The van der Waals surface area contributed by atoms with Gasteiger partial charge in [-0.2, -0.15) is 0 Å². The van der Waals surface area contributed by atoms with Gasteiger partial charge in [-0.3, -0.25) is 9.78 Å². The van der Waals surface area contributed by atoms with Crippen molar-refractivity contribution in [3.05, 3.63) is 47.0 Å². The number of hydrogen-bond acceptors (Lipinski definition) is 6. The van der Waals surface area contributed by atoms with Crippen LogP contribution in [0.3, 0.4) is 0 Å². The van der Waals surface area contributed by atoms with Crippen LogP contribution in [0, 0.1) is 11.8 Å². The van der Waals surface area contributed by atoms with Crippen LogP contribution < -0.4 is 4.74 Å². The zero-order chi connectivity index (χ0) is 27.2. The number of carbonyl (C=O) groups excluding carboxylic acids is 1. The lowest BCUT2D eigenvalue weighted by Crippen LogP contribution is -2.32. The Labute approximate surface area is 233 Å². The molecule has 0 atom stereocenters. The van der Waals surface area contributed by atoms with E-state index in [0.717, 1.165) is 67.9 Å². The molecule has 0 radical (unpaired) electrons. The first kappa shape index (κ1) is 30.0. The Kier molecular flexibility index (Phi) is 12.5. The van der Waals surface area contributed by atoms with Crippen molar-refractivity contribution in [2.75, 3.05) is 19.0 Å². The van der Waals surface area contributed by atoms with Crippen LogP contribution in [0.2, 0.25) is 0 Å². The van der Waals surface area contributed by atoms with Gasteiger partial charge >= 0.3 is 5.97 Å². The van der Waals surface area contributed by atoms with Gasteiger partial charge in [-0.05, 0) is 75.7 Å². The van der Waals surface area contributed by atoms with Crippen molar-refractivity contribution in [2.45, 2.75) is 109 Å². The van der Waals surface area contributed by atoms with Crippen molar-refractivity contribution >= 4 is 17.7 Å². The number of aromatic nitrogens is 2. The Morgan fingerprint density at radius 1 is 1.03 bits per heavy atom. The average Bonchev–Trinajstić information content (AvgIpc) is 2.94. The quantitative estimate of drug-likeness (QED) is 0.107. The molecule has 3 rings (SSSR count). The monoisotopic (exact) mass is 536 g/mol. The lowest BCUT2D eigenvalue weighted by molar-refractivity contribution is -0.143. The molecule has 0 bridgehead atoms. The summed E-state index contributed by atoms with van der Waals surface area (Å²) >= 11 is 1.89. The molecule has 0 saturated heterocycles. The van der Waals surface area contributed by atoms with E-state index in [0.29, 0.717) is 18.7 Å². The van der Waals surface area contributed by atoms with Gasteiger partial charge in [0.1, 0.15) is 11.4 Å². The molecule has 0 N–H and O–H groups in total. The first-order chi connectivity index (χ1) is 18.5. The summed E-state index contributed by atoms with van der Waals surface area (Å²) in [6.45, 7) is 9.86. The fourth-order valence-corrected chi connectivity index (χ4v) is 6.01. The number of rotatable bonds is 14. The molecule has 2 aromatic rings. The average molecular weight is 537 g/mol. The number of thioether (sulfide) groups is 1. The largest absolute Gasteiger partial charge is 0.493 e. The van der Waals surface area contributed by atoms with Crippen LogP contribution in [0.5, 0.6) is 5.75 Å². The van der Waals surface area contributed by atoms with Gasteiger partial charge in [0.05, 0.1) is 25.1 Å². The maximum atomic E-state index is 11.5. The van der Waals surface area contributed by atoms with Crippen molar-refractivity contribution in [2.24, 2.45) is 0 Å². The van der Waals surface area contributed by atoms with E-state index in [4.69, 9.17) is 9.47 Å². The van der Waals surface area contributed by atoms with E-state index in [2.05, 4.69) is 54.7 Å². The van der Waals surface area contributed by atoms with Crippen molar-refractivity contribution < 1.29 is 14.3 Å². The molecule has 0 saturated carbocycles. The van der Waals surface area contributed by atoms with E-state index in [1.165, 1.54) is 36.1 Å². The predicted octanol–water partition coefficient (Wildman–Crippen LogP) is 7.67. The van der Waals surface area contributed by atoms with Crippen molar-refractivity contribution in [3.8, 4) is 17.6 Å². The third-order valence-corrected chi connectivity index (χ3v) is 8.64. The molecule has 38 heavy (non-hydrogen) atoms. The highest BCUT2D eigenvalue weighted by Gasteiger charge is 2.35. The second-order valence-electron chi connectivity index (χ2n) is 9.99. The smallest absolute Gasteiger partial charge is 0.305 e. The lowest BCUT2D eigenvalue weighted by atomic mass is 9.71. The Bertz CT molecular complexity index is 1080. The van der Waals surface area contributed by atoms with E-state index < -0.39 is 0 Å². The van der Waals surface area contributed by atoms with Gasteiger partial charge in [0.2, 0.25) is 0 Å². The van der Waals surface area contributed by atoms with Crippen LogP contribution in [0.25, 0.3) is 0 Å². The summed E-state index contributed by atoms with van der Waals surface area (Å²) in [4.78, 5) is 21.8. The Morgan fingerprint density at radius 3 is 2.58 bits per heavy atom. The molecule has 1 aromatic carbocycles. The van der Waals surface area contributed by atoms with Gasteiger partial charge in [0.15, 0.2) is 0 Å². The fraction of sp³-hybridized carbons (Fsp3) is 0.594. The first-order valence-electron chi connectivity index (χ1n) is 14.5. The van der Waals surface area contributed by atoms with E-state index in [1.807, 2.05) is 18.7 Å². The number of carbonyl (C=O) groups is 1. The number of nitrogens with zero attached hydrogens (tertiary/aromatic N) is 2. The van der Waals surface area contributed by atoms with Gasteiger partial charge in [-0.1, -0.05) is 46.0 Å². The van der Waals surface area contributed by atoms with Gasteiger partial charge in [-0.15, -0.1) is 11.8 Å². The number of aryl methyl sites for hydroxylation is 1. The Hall–Kier alpha value is -2.52. The Balaban J connectivity index is 1.75. The van der Waals surface area contributed by atoms with Crippen molar-refractivity contribution in [1.29, 1.82) is 0 Å². The van der Waals surface area contributed by atoms with E-state index in [-0.39, 0.29) is 11.4 Å². The third kappa shape index (κ3) is 8.50. The SMILES string of the molecule is CCCCCCSc1cc2c(cc1C#Cc1cnc(CCCCC(=O)OCC)cn1)C(CC)(CC)CCO2. The molecule has 0 aliphatic carbocycles. The molecule has 0 amide bonds. The topological polar surface area (TPSA) is 61.3 Å². The maximum absolute atomic E-state index is 11.5. The number of unbranched alkanes of at least 4 members (excludes halogenated alkanes) is 4. The summed E-state index contributed by atoms with van der Waals surface area (Å²) in [5.74, 6) is 8.69. The van der Waals surface area contributed by atoms with Gasteiger partial charge < -0.3 is 9.47 Å². The van der Waals surface area contributed by atoms with Crippen LogP contribution in [0.4, 0.5) is 0 Å². The minimum Gasteiger partial charge on any atom is -0.493 e. The fourth-order valence-electron chi connectivity index (χ4n) is 4.99. The maximum Gasteiger partial charge on any atom is 0.305 e. The summed E-state index contributed by atoms with van der Waals surface area (Å²) in [6.07, 6.45) is 14.7. The van der Waals surface area contributed by atoms with Crippen LogP contribution in [0.15, 0.2) is 29.4 Å². The van der Waals surface area contributed by atoms with Crippen LogP contribution in [0.1, 0.15) is 114 Å². The lowest BCUT2D eigenvalue weighted by Gasteiger charge is -2.38. The van der Waals surface area contributed by atoms with Gasteiger partial charge in [-0.25, -0.2) is 4.98 Å². The highest BCUT2D eigenvalue weighted by molar-refractivity contribution is 7.99. The second kappa shape index (κ2) is 15.8. The minimum atomic E-state index is -0.133.